The molecule has 4 heteroatoms. The average molecular weight is 224 g/mol. The number of likely N-dealkylation sites (tertiary alicyclic amines) is 1. The maximum absolute atomic E-state index is 12.0. The second kappa shape index (κ2) is 3.55. The molecule has 0 aromatic carbocycles. The summed E-state index contributed by atoms with van der Waals surface area (Å²) in [5, 5.41) is 0. The van der Waals surface area contributed by atoms with Gasteiger partial charge in [-0.15, -0.1) is 0 Å². The Morgan fingerprint density at radius 1 is 1.38 bits per heavy atom. The lowest BCUT2D eigenvalue weighted by atomic mass is 9.88. The average Bonchev–Trinajstić information content (AvgIpc) is 2.91. The molecule has 1 heterocycles. The van der Waals surface area contributed by atoms with Crippen LogP contribution < -0.4 is 5.73 Å². The molecule has 0 aromatic heterocycles. The van der Waals surface area contributed by atoms with Gasteiger partial charge in [-0.25, -0.2) is 0 Å². The highest BCUT2D eigenvalue weighted by Gasteiger charge is 2.62. The summed E-state index contributed by atoms with van der Waals surface area (Å²) >= 11 is 0. The summed E-state index contributed by atoms with van der Waals surface area (Å²) in [4.78, 5) is 25.4. The molecule has 1 saturated carbocycles. The van der Waals surface area contributed by atoms with Crippen LogP contribution in [0.3, 0.4) is 0 Å². The summed E-state index contributed by atoms with van der Waals surface area (Å²) < 4.78 is 0. The van der Waals surface area contributed by atoms with E-state index in [1.54, 1.807) is 0 Å². The third-order valence-corrected chi connectivity index (χ3v) is 3.69. The number of rotatable bonds is 4. The molecule has 0 radical (unpaired) electrons. The minimum atomic E-state index is -0.490. The Bertz CT molecular complexity index is 320. The topological polar surface area (TPSA) is 63.4 Å². The number of imide groups is 1. The van der Waals surface area contributed by atoms with Crippen molar-refractivity contribution in [2.45, 2.75) is 39.2 Å². The summed E-state index contributed by atoms with van der Waals surface area (Å²) in [6.45, 7) is 6.44. The Labute approximate surface area is 96.2 Å². The molecule has 2 fully saturated rings. The highest BCUT2D eigenvalue weighted by molar-refractivity contribution is 6.09. The second-order valence-electron chi connectivity index (χ2n) is 5.76. The fourth-order valence-electron chi connectivity index (χ4n) is 2.86. The molecule has 0 aromatic rings. The van der Waals surface area contributed by atoms with Gasteiger partial charge in [0, 0.05) is 6.54 Å². The lowest BCUT2D eigenvalue weighted by Gasteiger charge is -2.38. The van der Waals surface area contributed by atoms with Gasteiger partial charge in [0.2, 0.25) is 11.8 Å². The van der Waals surface area contributed by atoms with Crippen molar-refractivity contribution in [1.29, 1.82) is 0 Å². The molecule has 2 rings (SSSR count). The van der Waals surface area contributed by atoms with Crippen LogP contribution in [0.25, 0.3) is 0 Å². The van der Waals surface area contributed by atoms with Gasteiger partial charge in [-0.2, -0.15) is 0 Å². The Kier molecular flexibility index (Phi) is 2.57. The van der Waals surface area contributed by atoms with E-state index in [1.165, 1.54) is 4.90 Å². The van der Waals surface area contributed by atoms with E-state index in [4.69, 9.17) is 5.73 Å². The van der Waals surface area contributed by atoms with Crippen molar-refractivity contribution >= 4 is 11.8 Å². The Morgan fingerprint density at radius 3 is 2.25 bits per heavy atom. The van der Waals surface area contributed by atoms with Crippen molar-refractivity contribution < 1.29 is 9.59 Å². The Balaban J connectivity index is 2.21. The molecular formula is C12H20N2O2. The SMILES string of the molecule is CC(C)CC(C)(CN)N1C(=O)C2CC2C1=O. The van der Waals surface area contributed by atoms with Gasteiger partial charge < -0.3 is 5.73 Å². The lowest BCUT2D eigenvalue weighted by Crippen LogP contribution is -2.56. The minimum Gasteiger partial charge on any atom is -0.328 e. The van der Waals surface area contributed by atoms with Crippen LogP contribution in [0, 0.1) is 17.8 Å². The predicted molar refractivity (Wildman–Crippen MR) is 60.4 cm³/mol. The molecule has 2 amide bonds. The van der Waals surface area contributed by atoms with Crippen LogP contribution in [0.15, 0.2) is 0 Å². The van der Waals surface area contributed by atoms with Crippen LogP contribution in [0.2, 0.25) is 0 Å². The third kappa shape index (κ3) is 1.56. The van der Waals surface area contributed by atoms with Crippen molar-refractivity contribution in [3.63, 3.8) is 0 Å². The molecule has 1 saturated heterocycles. The van der Waals surface area contributed by atoms with Gasteiger partial charge >= 0.3 is 0 Å². The van der Waals surface area contributed by atoms with Crippen LogP contribution in [-0.2, 0) is 9.59 Å². The van der Waals surface area contributed by atoms with Crippen LogP contribution in [0.4, 0.5) is 0 Å². The molecule has 1 aliphatic carbocycles. The summed E-state index contributed by atoms with van der Waals surface area (Å²) in [6.07, 6.45) is 1.54. The molecule has 16 heavy (non-hydrogen) atoms. The molecule has 0 bridgehead atoms. The number of hydrogen-bond acceptors (Lipinski definition) is 3. The summed E-state index contributed by atoms with van der Waals surface area (Å²) in [6, 6.07) is 0. The monoisotopic (exact) mass is 224 g/mol. The Morgan fingerprint density at radius 2 is 1.88 bits per heavy atom. The maximum Gasteiger partial charge on any atom is 0.233 e. The van der Waals surface area contributed by atoms with E-state index in [1.807, 2.05) is 6.92 Å². The van der Waals surface area contributed by atoms with Crippen LogP contribution in [0.1, 0.15) is 33.6 Å². The van der Waals surface area contributed by atoms with Gasteiger partial charge in [0.15, 0.2) is 0 Å². The van der Waals surface area contributed by atoms with E-state index >= 15 is 0 Å². The van der Waals surface area contributed by atoms with Crippen molar-refractivity contribution in [3.8, 4) is 0 Å². The summed E-state index contributed by atoms with van der Waals surface area (Å²) in [7, 11) is 0. The highest BCUT2D eigenvalue weighted by Crippen LogP contribution is 2.49. The molecule has 2 aliphatic rings. The first kappa shape index (κ1) is 11.6. The number of carbonyl (C=O) groups is 2. The number of carbonyl (C=O) groups excluding carboxylic acids is 2. The number of piperidine rings is 1. The van der Waals surface area contributed by atoms with Gasteiger partial charge in [-0.3, -0.25) is 14.5 Å². The van der Waals surface area contributed by atoms with E-state index < -0.39 is 5.54 Å². The first-order chi connectivity index (χ1) is 7.40. The molecule has 90 valence electrons. The van der Waals surface area contributed by atoms with Crippen LogP contribution in [-0.4, -0.2) is 28.8 Å². The van der Waals surface area contributed by atoms with Crippen molar-refractivity contribution in [1.82, 2.24) is 4.90 Å². The minimum absolute atomic E-state index is 0.00333. The number of nitrogens with zero attached hydrogens (tertiary/aromatic N) is 1. The molecule has 3 atom stereocenters. The van der Waals surface area contributed by atoms with E-state index in [9.17, 15) is 9.59 Å². The molecule has 3 unspecified atom stereocenters. The van der Waals surface area contributed by atoms with Crippen LogP contribution >= 0.6 is 0 Å². The number of hydrogen-bond donors (Lipinski definition) is 1. The zero-order valence-corrected chi connectivity index (χ0v) is 10.2. The molecule has 2 N–H and O–H groups in total. The van der Waals surface area contributed by atoms with E-state index in [-0.39, 0.29) is 23.7 Å². The third-order valence-electron chi connectivity index (χ3n) is 3.69. The van der Waals surface area contributed by atoms with Gasteiger partial charge in [0.1, 0.15) is 0 Å². The van der Waals surface area contributed by atoms with Crippen LogP contribution in [0.5, 0.6) is 0 Å². The number of fused-ring (bicyclic) bond motifs is 1. The van der Waals surface area contributed by atoms with Gasteiger partial charge in [-0.1, -0.05) is 13.8 Å². The fourth-order valence-corrected chi connectivity index (χ4v) is 2.86. The predicted octanol–water partition coefficient (Wildman–Crippen LogP) is 0.755. The van der Waals surface area contributed by atoms with Gasteiger partial charge in [0.05, 0.1) is 17.4 Å². The number of amides is 2. The van der Waals surface area contributed by atoms with E-state index in [2.05, 4.69) is 13.8 Å². The maximum atomic E-state index is 12.0. The molecule has 0 spiro atoms. The zero-order chi connectivity index (χ0) is 12.1. The second-order valence-corrected chi connectivity index (χ2v) is 5.76. The largest absolute Gasteiger partial charge is 0.328 e. The number of nitrogens with two attached hydrogens (primary N) is 1. The zero-order valence-electron chi connectivity index (χ0n) is 10.2. The normalized spacial score (nSPS) is 31.9. The standard InChI is InChI=1S/C12H20N2O2/c1-7(2)5-12(3,6-13)14-10(15)8-4-9(8)11(14)16/h7-9H,4-6,13H2,1-3H3. The van der Waals surface area contributed by atoms with E-state index in [0.29, 0.717) is 12.5 Å². The van der Waals surface area contributed by atoms with Gasteiger partial charge in [0.25, 0.3) is 0 Å². The molecule has 1 aliphatic heterocycles. The molecule has 4 nitrogen and oxygen atoms in total. The van der Waals surface area contributed by atoms with Gasteiger partial charge in [-0.05, 0) is 25.7 Å². The summed E-state index contributed by atoms with van der Waals surface area (Å²) in [5.41, 5.74) is 5.28. The van der Waals surface area contributed by atoms with Crippen molar-refractivity contribution in [2.75, 3.05) is 6.54 Å². The fraction of sp³-hybridized carbons (Fsp3) is 0.833. The molecular weight excluding hydrogens is 204 g/mol. The first-order valence-corrected chi connectivity index (χ1v) is 5.98. The summed E-state index contributed by atoms with van der Waals surface area (Å²) in [5.74, 6) is 0.384. The van der Waals surface area contributed by atoms with E-state index in [0.717, 1.165) is 12.8 Å². The van der Waals surface area contributed by atoms with Crippen molar-refractivity contribution in [2.24, 2.45) is 23.5 Å². The highest BCUT2D eigenvalue weighted by atomic mass is 16.2. The quantitative estimate of drug-likeness (QED) is 0.717. The first-order valence-electron chi connectivity index (χ1n) is 5.98. The lowest BCUT2D eigenvalue weighted by molar-refractivity contribution is -0.148. The van der Waals surface area contributed by atoms with Crippen molar-refractivity contribution in [3.05, 3.63) is 0 Å². The Hall–Kier alpha value is -0.900. The smallest absolute Gasteiger partial charge is 0.233 e.